The fourth-order valence-corrected chi connectivity index (χ4v) is 3.00. The molecule has 29 heavy (non-hydrogen) atoms. The molecule has 0 atom stereocenters. The zero-order valence-electron chi connectivity index (χ0n) is 16.4. The lowest BCUT2D eigenvalue weighted by atomic mass is 10.1. The molecule has 146 valence electrons. The third kappa shape index (κ3) is 4.29. The second-order valence-corrected chi connectivity index (χ2v) is 6.90. The molecule has 1 amide bonds. The van der Waals surface area contributed by atoms with E-state index in [0.717, 1.165) is 28.6 Å². The van der Waals surface area contributed by atoms with Crippen molar-refractivity contribution in [3.63, 3.8) is 0 Å². The van der Waals surface area contributed by atoms with Crippen molar-refractivity contribution in [2.45, 2.75) is 20.3 Å². The Bertz CT molecular complexity index is 1150. The number of anilines is 1. The summed E-state index contributed by atoms with van der Waals surface area (Å²) in [6.45, 7) is 4.69. The molecule has 0 saturated carbocycles. The van der Waals surface area contributed by atoms with Crippen LogP contribution in [-0.2, 0) is 0 Å². The zero-order valence-corrected chi connectivity index (χ0v) is 16.4. The molecule has 4 rings (SSSR count). The Hall–Kier alpha value is -3.60. The van der Waals surface area contributed by atoms with Gasteiger partial charge >= 0.3 is 0 Å². The Kier molecular flexibility index (Phi) is 5.29. The fraction of sp³-hybridized carbons (Fsp3) is 0.167. The van der Waals surface area contributed by atoms with Crippen molar-refractivity contribution in [1.29, 1.82) is 0 Å². The summed E-state index contributed by atoms with van der Waals surface area (Å²) in [5.41, 5.74) is 4.83. The summed E-state index contributed by atoms with van der Waals surface area (Å²) in [6.07, 6.45) is 0.919. The Morgan fingerprint density at radius 1 is 1.07 bits per heavy atom. The number of nitrogens with zero attached hydrogens (tertiary/aromatic N) is 1. The Morgan fingerprint density at radius 3 is 2.69 bits per heavy atom. The Labute approximate surface area is 169 Å². The molecule has 0 fully saturated rings. The number of hydrogen-bond acceptors (Lipinski definition) is 4. The molecule has 0 radical (unpaired) electrons. The number of carbonyl (C=O) groups is 1. The largest absolute Gasteiger partial charge is 0.494 e. The lowest BCUT2D eigenvalue weighted by molar-refractivity contribution is 0.102. The van der Waals surface area contributed by atoms with Gasteiger partial charge in [0.2, 0.25) is 5.89 Å². The first-order chi connectivity index (χ1) is 14.1. The number of ether oxygens (including phenoxy) is 1. The number of rotatable bonds is 6. The van der Waals surface area contributed by atoms with Gasteiger partial charge in [-0.15, -0.1) is 0 Å². The van der Waals surface area contributed by atoms with Gasteiger partial charge in [-0.25, -0.2) is 4.98 Å². The van der Waals surface area contributed by atoms with Crippen LogP contribution >= 0.6 is 0 Å². The lowest BCUT2D eigenvalue weighted by Crippen LogP contribution is -2.12. The minimum atomic E-state index is -0.183. The van der Waals surface area contributed by atoms with Crippen LogP contribution in [0.1, 0.15) is 29.3 Å². The van der Waals surface area contributed by atoms with Gasteiger partial charge in [-0.1, -0.05) is 19.1 Å². The van der Waals surface area contributed by atoms with Crippen LogP contribution in [0.3, 0.4) is 0 Å². The highest BCUT2D eigenvalue weighted by Crippen LogP contribution is 2.26. The molecular formula is C24H22N2O3. The lowest BCUT2D eigenvalue weighted by Gasteiger charge is -2.08. The normalized spacial score (nSPS) is 10.8. The van der Waals surface area contributed by atoms with Crippen molar-refractivity contribution >= 4 is 22.7 Å². The first-order valence-electron chi connectivity index (χ1n) is 9.64. The SMILES string of the molecule is CCCOc1cccc(C(=O)Nc2ccc(-c3nc4ccc(C)cc4o3)cc2)c1. The molecule has 0 saturated heterocycles. The number of oxazole rings is 1. The molecule has 0 aliphatic carbocycles. The molecule has 1 heterocycles. The predicted molar refractivity (Wildman–Crippen MR) is 114 cm³/mol. The van der Waals surface area contributed by atoms with E-state index in [2.05, 4.69) is 10.3 Å². The summed E-state index contributed by atoms with van der Waals surface area (Å²) in [4.78, 5) is 17.1. The van der Waals surface area contributed by atoms with E-state index in [4.69, 9.17) is 9.15 Å². The van der Waals surface area contributed by atoms with E-state index in [-0.39, 0.29) is 5.91 Å². The number of benzene rings is 3. The molecule has 5 nitrogen and oxygen atoms in total. The summed E-state index contributed by atoms with van der Waals surface area (Å²) in [5.74, 6) is 1.07. The molecule has 0 aliphatic rings. The van der Waals surface area contributed by atoms with Crippen LogP contribution in [0.2, 0.25) is 0 Å². The Balaban J connectivity index is 1.48. The maximum Gasteiger partial charge on any atom is 0.255 e. The van der Waals surface area contributed by atoms with Gasteiger partial charge < -0.3 is 14.5 Å². The molecule has 1 aromatic heterocycles. The van der Waals surface area contributed by atoms with Crippen molar-refractivity contribution in [1.82, 2.24) is 4.98 Å². The second-order valence-electron chi connectivity index (χ2n) is 6.90. The number of aryl methyl sites for hydroxylation is 1. The molecule has 0 unspecified atom stereocenters. The van der Waals surface area contributed by atoms with Crippen LogP contribution in [0.5, 0.6) is 5.75 Å². The van der Waals surface area contributed by atoms with Gasteiger partial charge in [0.15, 0.2) is 5.58 Å². The minimum Gasteiger partial charge on any atom is -0.494 e. The standard InChI is InChI=1S/C24H22N2O3/c1-3-13-28-20-6-4-5-18(15-20)23(27)25-19-10-8-17(9-11-19)24-26-21-12-7-16(2)14-22(21)29-24/h4-12,14-15H,3,13H2,1-2H3,(H,25,27). The van der Waals surface area contributed by atoms with Crippen molar-refractivity contribution < 1.29 is 13.9 Å². The number of fused-ring (bicyclic) bond motifs is 1. The first kappa shape index (κ1) is 18.7. The van der Waals surface area contributed by atoms with Crippen LogP contribution in [-0.4, -0.2) is 17.5 Å². The van der Waals surface area contributed by atoms with Gasteiger partial charge in [0.1, 0.15) is 11.3 Å². The highest BCUT2D eigenvalue weighted by atomic mass is 16.5. The number of hydrogen-bond donors (Lipinski definition) is 1. The van der Waals surface area contributed by atoms with Crippen molar-refractivity contribution in [2.24, 2.45) is 0 Å². The van der Waals surface area contributed by atoms with Gasteiger partial charge in [-0.2, -0.15) is 0 Å². The molecule has 3 aromatic carbocycles. The van der Waals surface area contributed by atoms with E-state index >= 15 is 0 Å². The molecule has 0 spiro atoms. The second kappa shape index (κ2) is 8.19. The third-order valence-corrected chi connectivity index (χ3v) is 4.50. The highest BCUT2D eigenvalue weighted by Gasteiger charge is 2.10. The predicted octanol–water partition coefficient (Wildman–Crippen LogP) is 5.84. The van der Waals surface area contributed by atoms with Crippen LogP contribution in [0.25, 0.3) is 22.6 Å². The first-order valence-corrected chi connectivity index (χ1v) is 9.64. The Morgan fingerprint density at radius 2 is 1.90 bits per heavy atom. The smallest absolute Gasteiger partial charge is 0.255 e. The van der Waals surface area contributed by atoms with Crippen LogP contribution < -0.4 is 10.1 Å². The molecule has 0 aliphatic heterocycles. The zero-order chi connectivity index (χ0) is 20.2. The van der Waals surface area contributed by atoms with Crippen LogP contribution in [0.4, 0.5) is 5.69 Å². The van der Waals surface area contributed by atoms with E-state index in [1.54, 1.807) is 12.1 Å². The number of amides is 1. The van der Waals surface area contributed by atoms with Gasteiger partial charge in [-0.3, -0.25) is 4.79 Å². The number of carbonyl (C=O) groups excluding carboxylic acids is 1. The van der Waals surface area contributed by atoms with E-state index in [9.17, 15) is 4.79 Å². The minimum absolute atomic E-state index is 0.183. The van der Waals surface area contributed by atoms with Gasteiger partial charge in [0, 0.05) is 16.8 Å². The van der Waals surface area contributed by atoms with E-state index in [1.165, 1.54) is 0 Å². The maximum atomic E-state index is 12.5. The van der Waals surface area contributed by atoms with E-state index in [1.807, 2.05) is 68.4 Å². The van der Waals surface area contributed by atoms with Crippen molar-refractivity contribution in [2.75, 3.05) is 11.9 Å². The molecule has 0 bridgehead atoms. The van der Waals surface area contributed by atoms with Gasteiger partial charge in [-0.05, 0) is 73.5 Å². The maximum absolute atomic E-state index is 12.5. The fourth-order valence-electron chi connectivity index (χ4n) is 3.00. The van der Waals surface area contributed by atoms with Crippen LogP contribution in [0.15, 0.2) is 71.1 Å². The third-order valence-electron chi connectivity index (χ3n) is 4.50. The van der Waals surface area contributed by atoms with Crippen LogP contribution in [0, 0.1) is 6.92 Å². The summed E-state index contributed by atoms with van der Waals surface area (Å²) < 4.78 is 11.5. The molecular weight excluding hydrogens is 364 g/mol. The van der Waals surface area contributed by atoms with E-state index < -0.39 is 0 Å². The summed E-state index contributed by atoms with van der Waals surface area (Å²) >= 11 is 0. The quantitative estimate of drug-likeness (QED) is 0.452. The molecule has 5 heteroatoms. The number of nitrogens with one attached hydrogen (secondary N) is 1. The molecule has 4 aromatic rings. The highest BCUT2D eigenvalue weighted by molar-refractivity contribution is 6.04. The van der Waals surface area contributed by atoms with Crippen molar-refractivity contribution in [3.05, 3.63) is 77.9 Å². The van der Waals surface area contributed by atoms with Gasteiger partial charge in [0.05, 0.1) is 6.61 Å². The van der Waals surface area contributed by atoms with Crippen molar-refractivity contribution in [3.8, 4) is 17.2 Å². The average Bonchev–Trinajstić information content (AvgIpc) is 3.16. The summed E-state index contributed by atoms with van der Waals surface area (Å²) in [5, 5.41) is 2.91. The van der Waals surface area contributed by atoms with E-state index in [0.29, 0.717) is 29.5 Å². The van der Waals surface area contributed by atoms with Gasteiger partial charge in [0.25, 0.3) is 5.91 Å². The topological polar surface area (TPSA) is 64.4 Å². The monoisotopic (exact) mass is 386 g/mol. The molecule has 1 N–H and O–H groups in total. The average molecular weight is 386 g/mol. The summed E-state index contributed by atoms with van der Waals surface area (Å²) in [7, 11) is 0. The number of aromatic nitrogens is 1. The summed E-state index contributed by atoms with van der Waals surface area (Å²) in [6, 6.07) is 20.6.